The van der Waals surface area contributed by atoms with Crippen LogP contribution in [0.15, 0.2) is 183 Å². The Hall–Kier alpha value is -7.11. The van der Waals surface area contributed by atoms with Crippen molar-refractivity contribution in [2.75, 3.05) is 4.90 Å². The minimum Gasteiger partial charge on any atom is -0.456 e. The Balaban J connectivity index is 1.14. The van der Waals surface area contributed by atoms with Crippen LogP contribution in [0.5, 0.6) is 0 Å². The van der Waals surface area contributed by atoms with Crippen LogP contribution in [0.4, 0.5) is 17.1 Å². The maximum atomic E-state index is 6.83. The number of hydrogen-bond donors (Lipinski definition) is 0. The summed E-state index contributed by atoms with van der Waals surface area (Å²) in [5.41, 5.74) is 10.8. The van der Waals surface area contributed by atoms with Crippen LogP contribution in [-0.4, -0.2) is 4.98 Å². The average molecular weight is 669 g/mol. The van der Waals surface area contributed by atoms with Crippen molar-refractivity contribution in [3.8, 4) is 22.6 Å². The fourth-order valence-corrected chi connectivity index (χ4v) is 7.70. The molecule has 0 aliphatic heterocycles. The highest BCUT2D eigenvalue weighted by Gasteiger charge is 2.23. The summed E-state index contributed by atoms with van der Waals surface area (Å²) in [7, 11) is 0. The lowest BCUT2D eigenvalue weighted by molar-refractivity contribution is 0.620. The molecule has 0 aliphatic rings. The molecule has 0 atom stereocenters. The van der Waals surface area contributed by atoms with E-state index in [0.717, 1.165) is 99.5 Å². The van der Waals surface area contributed by atoms with Crippen LogP contribution in [0.1, 0.15) is 0 Å². The zero-order valence-corrected chi connectivity index (χ0v) is 27.8. The topological polar surface area (TPSA) is 55.6 Å². The Bertz CT molecular complexity index is 3150. The Morgan fingerprint density at radius 1 is 0.423 bits per heavy atom. The highest BCUT2D eigenvalue weighted by atomic mass is 16.4. The molecule has 0 bridgehead atoms. The first kappa shape index (κ1) is 28.7. The van der Waals surface area contributed by atoms with E-state index in [2.05, 4.69) is 120 Å². The minimum atomic E-state index is 0.563. The molecule has 0 spiro atoms. The molecule has 11 rings (SSSR count). The second-order valence-corrected chi connectivity index (χ2v) is 13.1. The van der Waals surface area contributed by atoms with Gasteiger partial charge in [0.05, 0.1) is 11.4 Å². The normalized spacial score (nSPS) is 11.8. The lowest BCUT2D eigenvalue weighted by atomic mass is 10.0. The number of nitrogens with zero attached hydrogens (tertiary/aromatic N) is 2. The number of fused-ring (bicyclic) bond motifs is 9. The van der Waals surface area contributed by atoms with Gasteiger partial charge in [0.15, 0.2) is 11.2 Å². The summed E-state index contributed by atoms with van der Waals surface area (Å²) in [5, 5.41) is 6.31. The van der Waals surface area contributed by atoms with Gasteiger partial charge in [0.25, 0.3) is 0 Å². The Morgan fingerprint density at radius 2 is 1.15 bits per heavy atom. The van der Waals surface area contributed by atoms with Crippen LogP contribution < -0.4 is 4.90 Å². The molecule has 8 aromatic carbocycles. The predicted octanol–water partition coefficient (Wildman–Crippen LogP) is 13.6. The van der Waals surface area contributed by atoms with Crippen LogP contribution in [0.2, 0.25) is 0 Å². The number of benzene rings is 8. The summed E-state index contributed by atoms with van der Waals surface area (Å²) in [6.07, 6.45) is 0. The van der Waals surface area contributed by atoms with E-state index in [-0.39, 0.29) is 0 Å². The molecule has 0 saturated heterocycles. The van der Waals surface area contributed by atoms with E-state index in [1.54, 1.807) is 0 Å². The Kier molecular flexibility index (Phi) is 6.18. The molecule has 5 heteroatoms. The van der Waals surface area contributed by atoms with Gasteiger partial charge in [-0.1, -0.05) is 109 Å². The smallest absolute Gasteiger partial charge is 0.228 e. The molecule has 52 heavy (non-hydrogen) atoms. The standard InChI is InChI=1S/C47H28N2O3/c1-2-11-29(12-3-1)31-14-8-15-32(27-31)49(33-24-25-36-35-17-6-7-21-40(35)50-43(36)28-33)39-20-9-18-37-44-38(19-10-22-41(44)51-46(37)39)47-48-45-34-16-5-4-13-30(34)23-26-42(45)52-47/h1-28H. The summed E-state index contributed by atoms with van der Waals surface area (Å²) in [6, 6.07) is 58.5. The molecule has 3 heterocycles. The number of para-hydroxylation sites is 2. The number of furan rings is 2. The molecule has 11 aromatic rings. The van der Waals surface area contributed by atoms with Crippen LogP contribution in [0.3, 0.4) is 0 Å². The predicted molar refractivity (Wildman–Crippen MR) is 212 cm³/mol. The molecule has 0 fully saturated rings. The van der Waals surface area contributed by atoms with E-state index in [1.165, 1.54) is 0 Å². The molecule has 5 nitrogen and oxygen atoms in total. The maximum Gasteiger partial charge on any atom is 0.228 e. The molecule has 0 N–H and O–H groups in total. The van der Waals surface area contributed by atoms with Gasteiger partial charge in [-0.25, -0.2) is 4.98 Å². The van der Waals surface area contributed by atoms with E-state index in [1.807, 2.05) is 54.6 Å². The van der Waals surface area contributed by atoms with E-state index in [0.29, 0.717) is 5.89 Å². The van der Waals surface area contributed by atoms with Crippen molar-refractivity contribution in [3.05, 3.63) is 170 Å². The molecule has 244 valence electrons. The third kappa shape index (κ3) is 4.39. The summed E-state index contributed by atoms with van der Waals surface area (Å²) in [5.74, 6) is 0.563. The van der Waals surface area contributed by atoms with Crippen LogP contribution >= 0.6 is 0 Å². The second kappa shape index (κ2) is 11.2. The zero-order valence-electron chi connectivity index (χ0n) is 27.8. The van der Waals surface area contributed by atoms with Crippen LogP contribution in [-0.2, 0) is 0 Å². The maximum absolute atomic E-state index is 6.83. The highest BCUT2D eigenvalue weighted by molar-refractivity contribution is 6.16. The van der Waals surface area contributed by atoms with E-state index < -0.39 is 0 Å². The lowest BCUT2D eigenvalue weighted by Gasteiger charge is -2.26. The third-order valence-corrected chi connectivity index (χ3v) is 10.1. The van der Waals surface area contributed by atoms with Gasteiger partial charge in [0.2, 0.25) is 5.89 Å². The van der Waals surface area contributed by atoms with E-state index >= 15 is 0 Å². The lowest BCUT2D eigenvalue weighted by Crippen LogP contribution is -2.10. The number of oxazole rings is 1. The summed E-state index contributed by atoms with van der Waals surface area (Å²) >= 11 is 0. The van der Waals surface area contributed by atoms with Crippen molar-refractivity contribution in [1.82, 2.24) is 4.98 Å². The monoisotopic (exact) mass is 668 g/mol. The van der Waals surface area contributed by atoms with Gasteiger partial charge in [0, 0.05) is 44.2 Å². The number of hydrogen-bond acceptors (Lipinski definition) is 5. The largest absolute Gasteiger partial charge is 0.456 e. The van der Waals surface area contributed by atoms with Gasteiger partial charge in [-0.05, 0) is 71.1 Å². The number of aromatic nitrogens is 1. The third-order valence-electron chi connectivity index (χ3n) is 10.1. The van der Waals surface area contributed by atoms with E-state index in [9.17, 15) is 0 Å². The van der Waals surface area contributed by atoms with Gasteiger partial charge in [0.1, 0.15) is 22.3 Å². The molecule has 0 unspecified atom stereocenters. The fourth-order valence-electron chi connectivity index (χ4n) is 7.70. The molecule has 0 amide bonds. The summed E-state index contributed by atoms with van der Waals surface area (Å²) in [4.78, 5) is 7.32. The second-order valence-electron chi connectivity index (χ2n) is 13.1. The molecule has 3 aromatic heterocycles. The Labute approximate surface area is 297 Å². The van der Waals surface area contributed by atoms with E-state index in [4.69, 9.17) is 18.2 Å². The first-order valence-corrected chi connectivity index (χ1v) is 17.4. The highest BCUT2D eigenvalue weighted by Crippen LogP contribution is 2.46. The van der Waals surface area contributed by atoms with Crippen LogP contribution in [0.25, 0.3) is 88.3 Å². The first-order chi connectivity index (χ1) is 25.8. The first-order valence-electron chi connectivity index (χ1n) is 17.4. The quantitative estimate of drug-likeness (QED) is 0.183. The van der Waals surface area contributed by atoms with Gasteiger partial charge in [-0.3, -0.25) is 0 Å². The molecule has 0 radical (unpaired) electrons. The van der Waals surface area contributed by atoms with Crippen molar-refractivity contribution in [2.45, 2.75) is 0 Å². The zero-order chi connectivity index (χ0) is 34.2. The number of rotatable bonds is 5. The van der Waals surface area contributed by atoms with Crippen molar-refractivity contribution in [3.63, 3.8) is 0 Å². The molecule has 0 saturated carbocycles. The van der Waals surface area contributed by atoms with Crippen molar-refractivity contribution in [1.29, 1.82) is 0 Å². The number of anilines is 3. The summed E-state index contributed by atoms with van der Waals surface area (Å²) < 4.78 is 19.7. The molecule has 0 aliphatic carbocycles. The average Bonchev–Trinajstić information content (AvgIpc) is 3.92. The summed E-state index contributed by atoms with van der Waals surface area (Å²) in [6.45, 7) is 0. The van der Waals surface area contributed by atoms with Gasteiger partial charge in [-0.2, -0.15) is 0 Å². The van der Waals surface area contributed by atoms with Gasteiger partial charge < -0.3 is 18.2 Å². The Morgan fingerprint density at radius 3 is 2.10 bits per heavy atom. The van der Waals surface area contributed by atoms with Crippen molar-refractivity contribution >= 4 is 82.8 Å². The minimum absolute atomic E-state index is 0.563. The van der Waals surface area contributed by atoms with Crippen molar-refractivity contribution in [2.24, 2.45) is 0 Å². The van der Waals surface area contributed by atoms with Gasteiger partial charge in [-0.15, -0.1) is 0 Å². The molecular formula is C47H28N2O3. The van der Waals surface area contributed by atoms with Crippen LogP contribution in [0, 0.1) is 0 Å². The van der Waals surface area contributed by atoms with Gasteiger partial charge >= 0.3 is 0 Å². The fraction of sp³-hybridized carbons (Fsp3) is 0. The molecular weight excluding hydrogens is 641 g/mol. The SMILES string of the molecule is c1ccc(-c2cccc(N(c3ccc4c(c3)oc3ccccc34)c3cccc4c3oc3cccc(-c5nc6c(ccc7ccccc76)o5)c34)c2)cc1. The van der Waals surface area contributed by atoms with Crippen molar-refractivity contribution < 1.29 is 13.3 Å².